The fourth-order valence-electron chi connectivity index (χ4n) is 3.52. The molecule has 32 heavy (non-hydrogen) atoms. The monoisotopic (exact) mass is 447 g/mol. The van der Waals surface area contributed by atoms with Gasteiger partial charge in [-0.2, -0.15) is 0 Å². The number of aromatic carboxylic acids is 1. The minimum Gasteiger partial charge on any atom is -0.478 e. The predicted molar refractivity (Wildman–Crippen MR) is 116 cm³/mol. The van der Waals surface area contributed by atoms with Crippen LogP contribution in [0, 0.1) is 5.92 Å². The Morgan fingerprint density at radius 3 is 2.50 bits per heavy atom. The molecule has 1 aromatic carbocycles. The maximum absolute atomic E-state index is 12.9. The molecule has 0 radical (unpaired) electrons. The molecule has 11 nitrogen and oxygen atoms in total. The average Bonchev–Trinajstić information content (AvgIpc) is 3.21. The average molecular weight is 447 g/mol. The highest BCUT2D eigenvalue weighted by Crippen LogP contribution is 2.21. The number of nitrogens with two attached hydrogens (primary N) is 1. The molecule has 1 fully saturated rings. The zero-order chi connectivity index (χ0) is 23.8. The first-order valence-corrected chi connectivity index (χ1v) is 10.4. The van der Waals surface area contributed by atoms with Gasteiger partial charge in [-0.25, -0.2) is 9.59 Å². The van der Waals surface area contributed by atoms with Crippen LogP contribution in [0.4, 0.5) is 10.5 Å². The topological polar surface area (TPSA) is 171 Å². The number of likely N-dealkylation sites (tertiary alicyclic amines) is 1. The lowest BCUT2D eigenvalue weighted by atomic mass is 10.0. The van der Waals surface area contributed by atoms with E-state index in [9.17, 15) is 29.1 Å². The number of urea groups is 1. The van der Waals surface area contributed by atoms with E-state index in [0.29, 0.717) is 25.8 Å². The van der Waals surface area contributed by atoms with E-state index >= 15 is 0 Å². The number of anilines is 1. The first-order valence-electron chi connectivity index (χ1n) is 10.4. The van der Waals surface area contributed by atoms with Crippen molar-refractivity contribution in [3.63, 3.8) is 0 Å². The van der Waals surface area contributed by atoms with Crippen LogP contribution >= 0.6 is 0 Å². The van der Waals surface area contributed by atoms with E-state index in [-0.39, 0.29) is 23.7 Å². The fourth-order valence-corrected chi connectivity index (χ4v) is 3.52. The molecule has 6 N–H and O–H groups in total. The Kier molecular flexibility index (Phi) is 8.56. The van der Waals surface area contributed by atoms with E-state index in [4.69, 9.17) is 5.73 Å². The number of nitrogens with one attached hydrogen (secondary N) is 3. The molecule has 1 saturated heterocycles. The lowest BCUT2D eigenvalue weighted by molar-refractivity contribution is -0.131. The number of nitrogens with zero attached hydrogens (tertiary/aromatic N) is 1. The summed E-state index contributed by atoms with van der Waals surface area (Å²) < 4.78 is 0. The van der Waals surface area contributed by atoms with Gasteiger partial charge in [0.05, 0.1) is 17.8 Å². The van der Waals surface area contributed by atoms with Gasteiger partial charge in [0.25, 0.3) is 0 Å². The molecule has 174 valence electrons. The highest BCUT2D eigenvalue weighted by molar-refractivity contribution is 6.01. The second-order valence-corrected chi connectivity index (χ2v) is 8.01. The van der Waals surface area contributed by atoms with Gasteiger partial charge in [0, 0.05) is 6.54 Å². The van der Waals surface area contributed by atoms with Crippen molar-refractivity contribution in [1.82, 2.24) is 15.5 Å². The minimum atomic E-state index is -1.19. The van der Waals surface area contributed by atoms with Crippen LogP contribution in [-0.4, -0.2) is 64.9 Å². The molecular weight excluding hydrogens is 418 g/mol. The van der Waals surface area contributed by atoms with Crippen molar-refractivity contribution in [2.75, 3.05) is 18.4 Å². The molecule has 0 aliphatic carbocycles. The van der Waals surface area contributed by atoms with E-state index in [2.05, 4.69) is 16.0 Å². The van der Waals surface area contributed by atoms with Crippen LogP contribution in [0.15, 0.2) is 24.3 Å². The summed E-state index contributed by atoms with van der Waals surface area (Å²) in [5, 5.41) is 16.9. The van der Waals surface area contributed by atoms with Gasteiger partial charge in [0.15, 0.2) is 0 Å². The van der Waals surface area contributed by atoms with Gasteiger partial charge < -0.3 is 31.7 Å². The van der Waals surface area contributed by atoms with Crippen molar-refractivity contribution < 1.29 is 29.1 Å². The van der Waals surface area contributed by atoms with E-state index < -0.39 is 41.8 Å². The molecule has 1 aliphatic rings. The Hall–Kier alpha value is -3.63. The number of rotatable bonds is 9. The predicted octanol–water partition coefficient (Wildman–Crippen LogP) is 0.514. The summed E-state index contributed by atoms with van der Waals surface area (Å²) in [6.07, 6.45) is 1.31. The number of benzene rings is 1. The van der Waals surface area contributed by atoms with E-state index in [0.717, 1.165) is 0 Å². The van der Waals surface area contributed by atoms with Crippen LogP contribution in [0.25, 0.3) is 0 Å². The zero-order valence-electron chi connectivity index (χ0n) is 18.1. The fraction of sp³-hybridized carbons (Fsp3) is 0.476. The van der Waals surface area contributed by atoms with Crippen molar-refractivity contribution in [3.8, 4) is 0 Å². The first kappa shape index (κ1) is 24.6. The molecule has 11 heteroatoms. The molecule has 1 heterocycles. The van der Waals surface area contributed by atoms with Crippen LogP contribution in [0.2, 0.25) is 0 Å². The maximum Gasteiger partial charge on any atom is 0.337 e. The first-order chi connectivity index (χ1) is 15.1. The number of hydrogen-bond acceptors (Lipinski definition) is 5. The Balaban J connectivity index is 2.09. The third kappa shape index (κ3) is 6.69. The second-order valence-electron chi connectivity index (χ2n) is 8.01. The highest BCUT2D eigenvalue weighted by atomic mass is 16.4. The van der Waals surface area contributed by atoms with Crippen LogP contribution in [0.1, 0.15) is 43.5 Å². The number of primary amides is 1. The van der Waals surface area contributed by atoms with E-state index in [1.165, 1.54) is 17.0 Å². The molecule has 2 rings (SSSR count). The van der Waals surface area contributed by atoms with Crippen molar-refractivity contribution in [2.24, 2.45) is 11.7 Å². The molecule has 0 unspecified atom stereocenters. The summed E-state index contributed by atoms with van der Waals surface area (Å²) in [4.78, 5) is 61.8. The number of carbonyl (C=O) groups excluding carboxylic acids is 4. The summed E-state index contributed by atoms with van der Waals surface area (Å²) in [6, 6.07) is 3.67. The third-order valence-corrected chi connectivity index (χ3v) is 4.99. The molecule has 0 bridgehead atoms. The largest absolute Gasteiger partial charge is 0.478 e. The van der Waals surface area contributed by atoms with Crippen molar-refractivity contribution in [3.05, 3.63) is 29.8 Å². The van der Waals surface area contributed by atoms with Gasteiger partial charge in [0.2, 0.25) is 17.7 Å². The van der Waals surface area contributed by atoms with Crippen molar-refractivity contribution >= 4 is 35.4 Å². The quantitative estimate of drug-likeness (QED) is 0.369. The second kappa shape index (κ2) is 11.1. The van der Waals surface area contributed by atoms with Gasteiger partial charge in [-0.1, -0.05) is 26.0 Å². The zero-order valence-corrected chi connectivity index (χ0v) is 18.1. The molecule has 2 atom stereocenters. The van der Waals surface area contributed by atoms with Crippen molar-refractivity contribution in [1.29, 1.82) is 0 Å². The summed E-state index contributed by atoms with van der Waals surface area (Å²) in [7, 11) is 0. The van der Waals surface area contributed by atoms with Gasteiger partial charge in [-0.05, 0) is 37.3 Å². The van der Waals surface area contributed by atoms with Gasteiger partial charge >= 0.3 is 12.0 Å². The minimum absolute atomic E-state index is 0.0656. The normalized spacial score (nSPS) is 16.3. The summed E-state index contributed by atoms with van der Waals surface area (Å²) in [5.41, 5.74) is 5.12. The van der Waals surface area contributed by atoms with Crippen LogP contribution in [0.5, 0.6) is 0 Å². The number of hydrogen-bond donors (Lipinski definition) is 5. The number of carboxylic acids is 1. The lowest BCUT2D eigenvalue weighted by Gasteiger charge is -2.27. The SMILES string of the molecule is CC(C)C[C@H](NC(=O)[C@@H]1CCCN1C(=O)Nc1ccccc1C(=O)O)C(=O)NCC(N)=O. The molecule has 0 saturated carbocycles. The Bertz CT molecular complexity index is 887. The van der Waals surface area contributed by atoms with Crippen LogP contribution < -0.4 is 21.7 Å². The highest BCUT2D eigenvalue weighted by Gasteiger charge is 2.36. The van der Waals surface area contributed by atoms with E-state index in [1.54, 1.807) is 12.1 Å². The Morgan fingerprint density at radius 2 is 1.88 bits per heavy atom. The van der Waals surface area contributed by atoms with Gasteiger partial charge in [-0.3, -0.25) is 14.4 Å². The van der Waals surface area contributed by atoms with Gasteiger partial charge in [0.1, 0.15) is 12.1 Å². The smallest absolute Gasteiger partial charge is 0.337 e. The molecular formula is C21H29N5O6. The number of para-hydroxylation sites is 1. The van der Waals surface area contributed by atoms with Crippen LogP contribution in [-0.2, 0) is 14.4 Å². The molecule has 0 spiro atoms. The third-order valence-electron chi connectivity index (χ3n) is 4.99. The standard InChI is InChI=1S/C21H29N5O6/c1-12(2)10-15(18(28)23-11-17(22)27)24-19(29)16-8-5-9-26(16)21(32)25-14-7-4-3-6-13(14)20(30)31/h3-4,6-7,12,15-16H,5,8-11H2,1-2H3,(H2,22,27)(H,23,28)(H,24,29)(H,25,32)(H,30,31)/t15-,16-/m0/s1. The van der Waals surface area contributed by atoms with Crippen LogP contribution in [0.3, 0.4) is 0 Å². The lowest BCUT2D eigenvalue weighted by Crippen LogP contribution is -2.54. The molecule has 1 aliphatic heterocycles. The number of amides is 5. The number of carboxylic acid groups (broad SMARTS) is 1. The summed E-state index contributed by atoms with van der Waals surface area (Å²) in [5.74, 6) is -2.84. The van der Waals surface area contributed by atoms with E-state index in [1.807, 2.05) is 13.8 Å². The molecule has 0 aromatic heterocycles. The molecule has 5 amide bonds. The summed E-state index contributed by atoms with van der Waals surface area (Å²) in [6.45, 7) is 3.73. The van der Waals surface area contributed by atoms with Crippen molar-refractivity contribution in [2.45, 2.75) is 45.2 Å². The maximum atomic E-state index is 12.9. The number of carbonyl (C=O) groups is 5. The summed E-state index contributed by atoms with van der Waals surface area (Å²) >= 11 is 0. The Labute approximate surface area is 185 Å². The van der Waals surface area contributed by atoms with Gasteiger partial charge in [-0.15, -0.1) is 0 Å². The Morgan fingerprint density at radius 1 is 1.19 bits per heavy atom. The molecule has 1 aromatic rings.